The van der Waals surface area contributed by atoms with E-state index in [1.807, 2.05) is 31.2 Å². The van der Waals surface area contributed by atoms with Gasteiger partial charge < -0.3 is 9.73 Å². The van der Waals surface area contributed by atoms with Crippen LogP contribution in [0.2, 0.25) is 0 Å². The lowest BCUT2D eigenvalue weighted by atomic mass is 9.92. The molecule has 1 atom stereocenters. The monoisotopic (exact) mass is 377 g/mol. The molecule has 1 aromatic carbocycles. The number of carbonyl (C=O) groups is 2. The molecule has 0 bridgehead atoms. The average Bonchev–Trinajstić information content (AvgIpc) is 2.92. The molecule has 1 saturated heterocycles. The summed E-state index contributed by atoms with van der Waals surface area (Å²) in [7, 11) is 0. The largest absolute Gasteiger partial charge is 0.444 e. The van der Waals surface area contributed by atoms with Gasteiger partial charge in [-0.2, -0.15) is 0 Å². The van der Waals surface area contributed by atoms with Crippen molar-refractivity contribution < 1.29 is 14.0 Å². The lowest BCUT2D eigenvalue weighted by Crippen LogP contribution is -2.40. The van der Waals surface area contributed by atoms with Crippen LogP contribution in [0.15, 0.2) is 33.2 Å². The van der Waals surface area contributed by atoms with Gasteiger partial charge in [-0.1, -0.05) is 28.1 Å². The predicted octanol–water partition coefficient (Wildman–Crippen LogP) is 3.02. The lowest BCUT2D eigenvalue weighted by Gasteiger charge is -2.22. The molecule has 0 saturated carbocycles. The van der Waals surface area contributed by atoms with Crippen molar-refractivity contribution in [1.82, 2.24) is 15.2 Å². The second-order valence-electron chi connectivity index (χ2n) is 5.71. The van der Waals surface area contributed by atoms with Gasteiger partial charge in [0.1, 0.15) is 17.8 Å². The summed E-state index contributed by atoms with van der Waals surface area (Å²) in [6.07, 6.45) is 0. The molecule has 0 radical (unpaired) electrons. The maximum absolute atomic E-state index is 12.8. The standard InChI is InChI=1S/C16H16BrN3O3/c1-9-10(2)23-13(18-9)8-20-14(21)16(3,19-15(20)22)11-5-4-6-12(17)7-11/h4-7H,8H2,1-3H3,(H,19,22). The smallest absolute Gasteiger partial charge is 0.325 e. The summed E-state index contributed by atoms with van der Waals surface area (Å²) in [5.74, 6) is 0.706. The first-order chi connectivity index (χ1) is 10.8. The summed E-state index contributed by atoms with van der Waals surface area (Å²) in [6, 6.07) is 6.87. The zero-order valence-corrected chi connectivity index (χ0v) is 14.6. The van der Waals surface area contributed by atoms with E-state index in [1.54, 1.807) is 13.8 Å². The number of nitrogens with zero attached hydrogens (tertiary/aromatic N) is 2. The van der Waals surface area contributed by atoms with Crippen LogP contribution in [-0.2, 0) is 16.9 Å². The third-order valence-corrected chi connectivity index (χ3v) is 4.54. The van der Waals surface area contributed by atoms with E-state index in [9.17, 15) is 9.59 Å². The van der Waals surface area contributed by atoms with E-state index in [4.69, 9.17) is 4.42 Å². The van der Waals surface area contributed by atoms with E-state index >= 15 is 0 Å². The summed E-state index contributed by atoms with van der Waals surface area (Å²) in [5, 5.41) is 2.76. The van der Waals surface area contributed by atoms with Gasteiger partial charge in [-0.25, -0.2) is 9.78 Å². The first-order valence-corrected chi connectivity index (χ1v) is 7.93. The highest BCUT2D eigenvalue weighted by molar-refractivity contribution is 9.10. The van der Waals surface area contributed by atoms with Gasteiger partial charge >= 0.3 is 6.03 Å². The number of halogens is 1. The molecule has 1 unspecified atom stereocenters. The molecule has 2 heterocycles. The minimum atomic E-state index is -1.10. The topological polar surface area (TPSA) is 75.4 Å². The van der Waals surface area contributed by atoms with Crippen LogP contribution in [0.1, 0.15) is 29.8 Å². The third-order valence-electron chi connectivity index (χ3n) is 4.04. The number of carbonyl (C=O) groups excluding carboxylic acids is 2. The number of nitrogens with one attached hydrogen (secondary N) is 1. The molecule has 1 aliphatic rings. The van der Waals surface area contributed by atoms with Crippen LogP contribution in [0, 0.1) is 13.8 Å². The lowest BCUT2D eigenvalue weighted by molar-refractivity contribution is -0.131. The van der Waals surface area contributed by atoms with Crippen molar-refractivity contribution in [1.29, 1.82) is 0 Å². The summed E-state index contributed by atoms with van der Waals surface area (Å²) in [4.78, 5) is 30.4. The Bertz CT molecular complexity index is 782. The van der Waals surface area contributed by atoms with Crippen molar-refractivity contribution in [3.63, 3.8) is 0 Å². The predicted molar refractivity (Wildman–Crippen MR) is 86.6 cm³/mol. The average molecular weight is 378 g/mol. The quantitative estimate of drug-likeness (QED) is 0.834. The number of aromatic nitrogens is 1. The molecule has 1 aliphatic heterocycles. The van der Waals surface area contributed by atoms with Crippen molar-refractivity contribution in [2.24, 2.45) is 0 Å². The number of hydrogen-bond donors (Lipinski definition) is 1. The molecule has 1 aromatic heterocycles. The maximum atomic E-state index is 12.8. The Labute approximate surface area is 142 Å². The Hall–Kier alpha value is -2.15. The van der Waals surface area contributed by atoms with Crippen LogP contribution in [0.5, 0.6) is 0 Å². The van der Waals surface area contributed by atoms with Gasteiger partial charge in [0.2, 0.25) is 5.89 Å². The van der Waals surface area contributed by atoms with Crippen molar-refractivity contribution >= 4 is 27.9 Å². The van der Waals surface area contributed by atoms with Gasteiger partial charge in [-0.15, -0.1) is 0 Å². The molecule has 3 amide bonds. The van der Waals surface area contributed by atoms with Crippen molar-refractivity contribution in [3.8, 4) is 0 Å². The molecular weight excluding hydrogens is 362 g/mol. The van der Waals surface area contributed by atoms with Crippen LogP contribution < -0.4 is 5.32 Å². The minimum Gasteiger partial charge on any atom is -0.444 e. The van der Waals surface area contributed by atoms with Crippen LogP contribution in [0.25, 0.3) is 0 Å². The highest BCUT2D eigenvalue weighted by Crippen LogP contribution is 2.31. The Kier molecular flexibility index (Phi) is 3.75. The molecule has 23 heavy (non-hydrogen) atoms. The van der Waals surface area contributed by atoms with Crippen molar-refractivity contribution in [2.45, 2.75) is 32.9 Å². The highest BCUT2D eigenvalue weighted by atomic mass is 79.9. The fourth-order valence-electron chi connectivity index (χ4n) is 2.58. The van der Waals surface area contributed by atoms with E-state index in [-0.39, 0.29) is 12.5 Å². The number of urea groups is 1. The van der Waals surface area contributed by atoms with E-state index in [0.29, 0.717) is 17.2 Å². The second kappa shape index (κ2) is 5.49. The first kappa shape index (κ1) is 15.7. The number of amides is 3. The number of benzene rings is 1. The summed E-state index contributed by atoms with van der Waals surface area (Å²) in [5.41, 5.74) is 0.367. The van der Waals surface area contributed by atoms with Crippen LogP contribution >= 0.6 is 15.9 Å². The van der Waals surface area contributed by atoms with Crippen LogP contribution in [0.4, 0.5) is 4.79 Å². The Balaban J connectivity index is 1.90. The number of hydrogen-bond acceptors (Lipinski definition) is 4. The molecule has 0 spiro atoms. The number of rotatable bonds is 3. The Morgan fingerprint density at radius 3 is 2.70 bits per heavy atom. The van der Waals surface area contributed by atoms with Gasteiger partial charge in [0, 0.05) is 4.47 Å². The van der Waals surface area contributed by atoms with E-state index in [2.05, 4.69) is 26.2 Å². The zero-order chi connectivity index (χ0) is 16.8. The maximum Gasteiger partial charge on any atom is 0.325 e. The fraction of sp³-hybridized carbons (Fsp3) is 0.312. The number of oxazole rings is 1. The van der Waals surface area contributed by atoms with Gasteiger partial charge in [-0.05, 0) is 38.5 Å². The molecule has 120 valence electrons. The van der Waals surface area contributed by atoms with Gasteiger partial charge in [0.25, 0.3) is 5.91 Å². The van der Waals surface area contributed by atoms with Gasteiger partial charge in [0.05, 0.1) is 5.69 Å². The van der Waals surface area contributed by atoms with E-state index in [0.717, 1.165) is 15.1 Å². The molecule has 0 aliphatic carbocycles. The van der Waals surface area contributed by atoms with E-state index in [1.165, 1.54) is 0 Å². The second-order valence-corrected chi connectivity index (χ2v) is 6.62. The molecule has 1 fully saturated rings. The molecule has 2 aromatic rings. The van der Waals surface area contributed by atoms with E-state index < -0.39 is 11.6 Å². The molecule has 3 rings (SSSR count). The number of aryl methyl sites for hydroxylation is 2. The molecule has 6 nitrogen and oxygen atoms in total. The van der Waals surface area contributed by atoms with Crippen LogP contribution in [0.3, 0.4) is 0 Å². The van der Waals surface area contributed by atoms with Gasteiger partial charge in [0.15, 0.2) is 0 Å². The Morgan fingerprint density at radius 1 is 1.35 bits per heavy atom. The SMILES string of the molecule is Cc1nc(CN2C(=O)NC(C)(c3cccc(Br)c3)C2=O)oc1C. The minimum absolute atomic E-state index is 0.0168. The zero-order valence-electron chi connectivity index (χ0n) is 13.0. The molecular formula is C16H16BrN3O3. The number of imide groups is 1. The van der Waals surface area contributed by atoms with Gasteiger partial charge in [-0.3, -0.25) is 9.69 Å². The van der Waals surface area contributed by atoms with Crippen LogP contribution in [-0.4, -0.2) is 21.8 Å². The normalized spacial score (nSPS) is 21.0. The third kappa shape index (κ3) is 2.65. The summed E-state index contributed by atoms with van der Waals surface area (Å²) < 4.78 is 6.32. The summed E-state index contributed by atoms with van der Waals surface area (Å²) >= 11 is 3.39. The highest BCUT2D eigenvalue weighted by Gasteiger charge is 2.49. The molecule has 7 heteroatoms. The first-order valence-electron chi connectivity index (χ1n) is 7.14. The molecule has 1 N–H and O–H groups in total. The Morgan fingerprint density at radius 2 is 2.09 bits per heavy atom. The fourth-order valence-corrected chi connectivity index (χ4v) is 2.98. The summed E-state index contributed by atoms with van der Waals surface area (Å²) in [6.45, 7) is 5.33. The van der Waals surface area contributed by atoms with Crippen molar-refractivity contribution in [2.75, 3.05) is 0 Å². The van der Waals surface area contributed by atoms with Crippen molar-refractivity contribution in [3.05, 3.63) is 51.6 Å².